The maximum atomic E-state index is 13.1. The lowest BCUT2D eigenvalue weighted by Crippen LogP contribution is -2.41. The number of alkyl halides is 3. The third-order valence-corrected chi connectivity index (χ3v) is 6.13. The van der Waals surface area contributed by atoms with Crippen LogP contribution in [0.15, 0.2) is 48.7 Å². The molecule has 0 saturated heterocycles. The van der Waals surface area contributed by atoms with Crippen LogP contribution in [0.4, 0.5) is 18.9 Å². The molecule has 0 atom stereocenters. The van der Waals surface area contributed by atoms with Gasteiger partial charge in [0.25, 0.3) is 5.91 Å². The standard InChI is InChI=1S/C25H21F3N4O/c1-14-11-22(31-8-9-32-23(24(31)33)16(3)13-29-32)15(2)10-19(14)21-6-4-17-12-18(25(26,27)28)5-7-20(17)30-21/h4-7,10-13H,8-9H2,1-3H3. The molecule has 0 spiro atoms. The van der Waals surface area contributed by atoms with Crippen LogP contribution in [0, 0.1) is 20.8 Å². The van der Waals surface area contributed by atoms with Crippen molar-refractivity contribution in [3.05, 3.63) is 76.6 Å². The Bertz CT molecular complexity index is 1420. The molecule has 0 radical (unpaired) electrons. The lowest BCUT2D eigenvalue weighted by atomic mass is 9.98. The first kappa shape index (κ1) is 21.2. The molecule has 0 aliphatic carbocycles. The molecule has 2 aromatic heterocycles. The number of rotatable bonds is 2. The number of aryl methyl sites for hydroxylation is 3. The number of amides is 1. The van der Waals surface area contributed by atoms with E-state index < -0.39 is 11.7 Å². The van der Waals surface area contributed by atoms with E-state index in [-0.39, 0.29) is 5.91 Å². The Morgan fingerprint density at radius 2 is 1.70 bits per heavy atom. The van der Waals surface area contributed by atoms with Crippen LogP contribution in [0.2, 0.25) is 0 Å². The Morgan fingerprint density at radius 3 is 2.45 bits per heavy atom. The van der Waals surface area contributed by atoms with Gasteiger partial charge < -0.3 is 4.90 Å². The fraction of sp³-hybridized carbons (Fsp3) is 0.240. The summed E-state index contributed by atoms with van der Waals surface area (Å²) in [4.78, 5) is 19.5. The third kappa shape index (κ3) is 3.55. The number of anilines is 1. The lowest BCUT2D eigenvalue weighted by Gasteiger charge is -2.30. The SMILES string of the molecule is Cc1cc(N2CCn3ncc(C)c3C2=O)c(C)cc1-c1ccc2cc(C(F)(F)F)ccc2n1. The summed E-state index contributed by atoms with van der Waals surface area (Å²) in [5.41, 5.74) is 5.50. The van der Waals surface area contributed by atoms with Crippen molar-refractivity contribution < 1.29 is 18.0 Å². The number of nitrogens with zero attached hydrogens (tertiary/aromatic N) is 4. The molecule has 0 unspecified atom stereocenters. The molecule has 1 amide bonds. The van der Waals surface area contributed by atoms with Crippen molar-refractivity contribution in [3.8, 4) is 11.3 Å². The van der Waals surface area contributed by atoms with Crippen molar-refractivity contribution in [1.82, 2.24) is 14.8 Å². The summed E-state index contributed by atoms with van der Waals surface area (Å²) in [6.07, 6.45) is -2.68. The van der Waals surface area contributed by atoms with Crippen LogP contribution in [0.25, 0.3) is 22.2 Å². The molecular formula is C25H21F3N4O. The third-order valence-electron chi connectivity index (χ3n) is 6.13. The Balaban J connectivity index is 1.52. The van der Waals surface area contributed by atoms with E-state index in [1.54, 1.807) is 27.9 Å². The highest BCUT2D eigenvalue weighted by Crippen LogP contribution is 2.34. The molecular weight excluding hydrogens is 429 g/mol. The zero-order valence-corrected chi connectivity index (χ0v) is 18.4. The fourth-order valence-corrected chi connectivity index (χ4v) is 4.40. The van der Waals surface area contributed by atoms with Crippen LogP contribution in [-0.4, -0.2) is 27.2 Å². The number of hydrogen-bond acceptors (Lipinski definition) is 3. The smallest absolute Gasteiger partial charge is 0.305 e. The number of fused-ring (bicyclic) bond motifs is 2. The molecule has 4 aromatic rings. The molecule has 3 heterocycles. The average molecular weight is 450 g/mol. The van der Waals surface area contributed by atoms with Crippen molar-refractivity contribution in [2.75, 3.05) is 11.4 Å². The van der Waals surface area contributed by atoms with Crippen molar-refractivity contribution >= 4 is 22.5 Å². The van der Waals surface area contributed by atoms with Gasteiger partial charge in [-0.25, -0.2) is 4.98 Å². The largest absolute Gasteiger partial charge is 0.416 e. The number of hydrogen-bond donors (Lipinski definition) is 0. The molecule has 33 heavy (non-hydrogen) atoms. The van der Waals surface area contributed by atoms with Gasteiger partial charge in [-0.1, -0.05) is 6.07 Å². The van der Waals surface area contributed by atoms with E-state index in [0.717, 1.165) is 40.1 Å². The van der Waals surface area contributed by atoms with Crippen LogP contribution in [0.5, 0.6) is 0 Å². The number of carbonyl (C=O) groups is 1. The second-order valence-corrected chi connectivity index (χ2v) is 8.41. The van der Waals surface area contributed by atoms with Gasteiger partial charge in [0.05, 0.1) is 29.5 Å². The maximum absolute atomic E-state index is 13.1. The quantitative estimate of drug-likeness (QED) is 0.394. The highest BCUT2D eigenvalue weighted by molar-refractivity contribution is 6.07. The second kappa shape index (κ2) is 7.43. The number of carbonyl (C=O) groups excluding carboxylic acids is 1. The van der Waals surface area contributed by atoms with E-state index in [9.17, 15) is 18.0 Å². The molecule has 1 aliphatic rings. The minimum atomic E-state index is -4.39. The minimum Gasteiger partial charge on any atom is -0.305 e. The van der Waals surface area contributed by atoms with E-state index >= 15 is 0 Å². The molecule has 5 nitrogen and oxygen atoms in total. The highest BCUT2D eigenvalue weighted by Gasteiger charge is 2.31. The molecule has 168 valence electrons. The van der Waals surface area contributed by atoms with Crippen LogP contribution in [0.3, 0.4) is 0 Å². The summed E-state index contributed by atoms with van der Waals surface area (Å²) in [5.74, 6) is -0.0733. The first-order valence-corrected chi connectivity index (χ1v) is 10.6. The summed E-state index contributed by atoms with van der Waals surface area (Å²) in [6, 6.07) is 10.9. The molecule has 0 bridgehead atoms. The summed E-state index contributed by atoms with van der Waals surface area (Å²) in [5, 5.41) is 4.71. The average Bonchev–Trinajstić information content (AvgIpc) is 3.16. The van der Waals surface area contributed by atoms with Crippen LogP contribution < -0.4 is 4.90 Å². The zero-order valence-electron chi connectivity index (χ0n) is 18.4. The van der Waals surface area contributed by atoms with Crippen molar-refractivity contribution in [2.45, 2.75) is 33.5 Å². The highest BCUT2D eigenvalue weighted by atomic mass is 19.4. The van der Waals surface area contributed by atoms with Gasteiger partial charge in [0.1, 0.15) is 5.69 Å². The summed E-state index contributed by atoms with van der Waals surface area (Å²) < 4.78 is 40.8. The van der Waals surface area contributed by atoms with E-state index in [1.165, 1.54) is 6.07 Å². The normalized spacial score (nSPS) is 14.1. The maximum Gasteiger partial charge on any atom is 0.416 e. The Kier molecular flexibility index (Phi) is 4.77. The molecule has 2 aromatic carbocycles. The Morgan fingerprint density at radius 1 is 0.909 bits per heavy atom. The molecule has 5 rings (SSSR count). The second-order valence-electron chi connectivity index (χ2n) is 8.41. The predicted octanol–water partition coefficient (Wildman–Crippen LogP) is 5.70. The van der Waals surface area contributed by atoms with Crippen LogP contribution in [-0.2, 0) is 12.7 Å². The minimum absolute atomic E-state index is 0.0733. The number of halogens is 3. The van der Waals surface area contributed by atoms with Gasteiger partial charge in [-0.15, -0.1) is 0 Å². The van der Waals surface area contributed by atoms with E-state index in [4.69, 9.17) is 0 Å². The number of benzene rings is 2. The first-order valence-electron chi connectivity index (χ1n) is 10.6. The van der Waals surface area contributed by atoms with E-state index in [2.05, 4.69) is 10.1 Å². The summed E-state index contributed by atoms with van der Waals surface area (Å²) >= 11 is 0. The lowest BCUT2D eigenvalue weighted by molar-refractivity contribution is -0.137. The monoisotopic (exact) mass is 450 g/mol. The van der Waals surface area contributed by atoms with Gasteiger partial charge in [0.15, 0.2) is 0 Å². The van der Waals surface area contributed by atoms with Crippen molar-refractivity contribution in [3.63, 3.8) is 0 Å². The van der Waals surface area contributed by atoms with E-state index in [1.807, 2.05) is 32.9 Å². The van der Waals surface area contributed by atoms with Gasteiger partial charge in [-0.05, 0) is 68.3 Å². The van der Waals surface area contributed by atoms with Crippen molar-refractivity contribution in [2.24, 2.45) is 0 Å². The van der Waals surface area contributed by atoms with Crippen LogP contribution >= 0.6 is 0 Å². The molecule has 8 heteroatoms. The number of aromatic nitrogens is 3. The molecule has 0 fully saturated rings. The van der Waals surface area contributed by atoms with Crippen LogP contribution in [0.1, 0.15) is 32.7 Å². The van der Waals surface area contributed by atoms with Gasteiger partial charge in [-0.3, -0.25) is 9.48 Å². The summed E-state index contributed by atoms with van der Waals surface area (Å²) in [7, 11) is 0. The first-order chi connectivity index (χ1) is 15.6. The van der Waals surface area contributed by atoms with Crippen molar-refractivity contribution in [1.29, 1.82) is 0 Å². The molecule has 0 saturated carbocycles. The Labute approximate surface area is 188 Å². The van der Waals surface area contributed by atoms with Gasteiger partial charge >= 0.3 is 6.18 Å². The predicted molar refractivity (Wildman–Crippen MR) is 120 cm³/mol. The Hall–Kier alpha value is -3.68. The van der Waals surface area contributed by atoms with Gasteiger partial charge in [0.2, 0.25) is 0 Å². The van der Waals surface area contributed by atoms with Gasteiger partial charge in [0, 0.05) is 28.7 Å². The molecule has 1 aliphatic heterocycles. The number of pyridine rings is 1. The van der Waals surface area contributed by atoms with Gasteiger partial charge in [-0.2, -0.15) is 18.3 Å². The summed E-state index contributed by atoms with van der Waals surface area (Å²) in [6.45, 7) is 6.93. The zero-order chi connectivity index (χ0) is 23.5. The van der Waals surface area contributed by atoms with E-state index in [0.29, 0.717) is 35.4 Å². The fourth-order valence-electron chi connectivity index (χ4n) is 4.40. The molecule has 0 N–H and O–H groups in total. The topological polar surface area (TPSA) is 51.0 Å².